The van der Waals surface area contributed by atoms with Crippen molar-refractivity contribution in [3.05, 3.63) is 34.6 Å². The Morgan fingerprint density at radius 2 is 1.00 bits per heavy atom. The van der Waals surface area contributed by atoms with Gasteiger partial charge in [-0.05, 0) is 142 Å². The fourth-order valence-corrected chi connectivity index (χ4v) is 49.2. The molecule has 374 valence electrons. The maximum absolute atomic E-state index is 13.7. The van der Waals surface area contributed by atoms with Gasteiger partial charge in [0.15, 0.2) is 16.6 Å². The number of aliphatic hydroxyl groups excluding tert-OH is 1. The molecule has 64 heavy (non-hydrogen) atoms. The zero-order valence-corrected chi connectivity index (χ0v) is 53.2. The quantitative estimate of drug-likeness (QED) is 0.0520. The largest absolute Gasteiger partial charge is 0.500 e. The van der Waals surface area contributed by atoms with Crippen LogP contribution in [-0.2, 0) is 49.3 Å². The van der Waals surface area contributed by atoms with E-state index in [2.05, 4.69) is 98.2 Å². The van der Waals surface area contributed by atoms with Gasteiger partial charge in [-0.1, -0.05) is 55.8 Å². The maximum atomic E-state index is 13.7. The average Bonchev–Trinajstić information content (AvgIpc) is 3.43. The van der Waals surface area contributed by atoms with Gasteiger partial charge >= 0.3 is 51.6 Å². The van der Waals surface area contributed by atoms with Gasteiger partial charge in [0.05, 0.1) is 23.3 Å². The summed E-state index contributed by atoms with van der Waals surface area (Å²) in [7, 11) is -23.4. The lowest BCUT2D eigenvalue weighted by atomic mass is 10.3. The Labute approximate surface area is 402 Å². The smallest absolute Gasteiger partial charge is 0.437 e. The van der Waals surface area contributed by atoms with Crippen LogP contribution in [0.2, 0.25) is 134 Å². The van der Waals surface area contributed by atoms with Crippen LogP contribution in [0.25, 0.3) is 10.1 Å². The number of nitrogens with zero attached hydrogens (tertiary/aromatic N) is 1. The summed E-state index contributed by atoms with van der Waals surface area (Å²) < 4.78 is 71.7. The van der Waals surface area contributed by atoms with E-state index in [0.717, 1.165) is 35.4 Å². The molecule has 0 fully saturated rings. The third kappa shape index (κ3) is 22.9. The van der Waals surface area contributed by atoms with Crippen molar-refractivity contribution in [3.8, 4) is 0 Å². The van der Waals surface area contributed by atoms with Crippen molar-refractivity contribution >= 4 is 97.9 Å². The Bertz CT molecular complexity index is 1710. The molecule has 0 bridgehead atoms. The molecular formula is C41H91NO12SSi9. The highest BCUT2D eigenvalue weighted by Crippen LogP contribution is 2.36. The Morgan fingerprint density at radius 1 is 0.547 bits per heavy atom. The van der Waals surface area contributed by atoms with Gasteiger partial charge in [-0.15, -0.1) is 0 Å². The molecule has 4 unspecified atom stereocenters. The molecule has 23 heteroatoms. The van der Waals surface area contributed by atoms with Gasteiger partial charge in [0.2, 0.25) is 0 Å². The number of hydrogen-bond acceptors (Lipinski definition) is 13. The summed E-state index contributed by atoms with van der Waals surface area (Å²) in [6.45, 7) is 42.4. The van der Waals surface area contributed by atoms with Crippen LogP contribution in [0.15, 0.2) is 29.1 Å². The van der Waals surface area contributed by atoms with E-state index in [1.807, 2.05) is 49.0 Å². The molecule has 0 aliphatic carbocycles. The van der Waals surface area contributed by atoms with E-state index < -0.39 is 76.3 Å². The molecule has 2 aromatic rings. The first-order valence-electron chi connectivity index (χ1n) is 23.8. The van der Waals surface area contributed by atoms with Crippen molar-refractivity contribution in [1.82, 2.24) is 3.96 Å². The minimum Gasteiger partial charge on any atom is -0.437 e. The van der Waals surface area contributed by atoms with Crippen LogP contribution in [0, 0.1) is 0 Å². The Kier molecular flexibility index (Phi) is 24.6. The van der Waals surface area contributed by atoms with Crippen LogP contribution in [0.3, 0.4) is 0 Å². The predicted octanol–water partition coefficient (Wildman–Crippen LogP) is 11.4. The summed E-state index contributed by atoms with van der Waals surface area (Å²) in [6.07, 6.45) is 2.56. The normalized spacial score (nSPS) is 17.3. The lowest BCUT2D eigenvalue weighted by Gasteiger charge is -2.46. The lowest BCUT2D eigenvalue weighted by molar-refractivity contribution is 0.0710. The fraction of sp³-hybridized carbons (Fsp3) is 0.829. The van der Waals surface area contributed by atoms with Gasteiger partial charge in [0, 0.05) is 53.1 Å². The number of aliphatic hydroxyl groups is 1. The standard InChI is InChI=1S/C41H91NO12SSi9/c1-19-46-64(47-20-2,48-21-3)37-26-36-61(16,50-58(10,11)12)54-63(18,38-29-42-41(44)39-27-22-23-28-40(39)55-42)52-59(13,14)51-62(17,34-24-31-45-32-30-43)53-60(15,49-57(7,8)9)35-25-33-56(4,5)6/h22-23,27-28,43H,19-21,24-26,29-38H2,1-18H3. The van der Waals surface area contributed by atoms with Gasteiger partial charge in [0.1, 0.15) is 0 Å². The zero-order valence-electron chi connectivity index (χ0n) is 43.4. The number of hydrogen-bond donors (Lipinski definition) is 1. The molecule has 0 saturated heterocycles. The summed E-state index contributed by atoms with van der Waals surface area (Å²) in [6, 6.07) is 12.5. The van der Waals surface area contributed by atoms with E-state index in [1.165, 1.54) is 17.6 Å². The van der Waals surface area contributed by atoms with Crippen molar-refractivity contribution in [3.63, 3.8) is 0 Å². The Balaban J connectivity index is 2.66. The number of aryl methyl sites for hydroxylation is 1. The molecule has 0 saturated carbocycles. The summed E-state index contributed by atoms with van der Waals surface area (Å²) in [5, 5.41) is 10.1. The molecule has 1 heterocycles. The van der Waals surface area contributed by atoms with E-state index in [9.17, 15) is 9.90 Å². The van der Waals surface area contributed by atoms with E-state index in [4.69, 9.17) is 42.7 Å². The molecule has 0 radical (unpaired) electrons. The first kappa shape index (κ1) is 60.5. The molecule has 0 aliphatic heterocycles. The SMILES string of the molecule is CCO[Si](CCC[Si](C)(O[Si](C)(C)C)O[Si](C)(CCn1sc2ccccc2c1=O)O[Si](C)(C)O[Si](C)(CCCOCCO)O[Si](C)(CCC[Si](C)(C)C)O[Si](C)(C)C)(OCC)OCC. The fourth-order valence-electron chi connectivity index (χ4n) is 8.46. The number of fused-ring (bicyclic) bond motifs is 1. The second-order valence-electron chi connectivity index (χ2n) is 21.2. The second-order valence-corrected chi connectivity index (χ2v) is 57.8. The molecule has 0 amide bonds. The minimum absolute atomic E-state index is 0.00435. The van der Waals surface area contributed by atoms with Crippen molar-refractivity contribution in [1.29, 1.82) is 0 Å². The molecule has 0 aliphatic rings. The highest BCUT2D eigenvalue weighted by Gasteiger charge is 2.53. The zero-order chi connectivity index (χ0) is 48.7. The van der Waals surface area contributed by atoms with Crippen LogP contribution in [0.4, 0.5) is 0 Å². The van der Waals surface area contributed by atoms with Crippen molar-refractivity contribution in [2.75, 3.05) is 39.6 Å². The van der Waals surface area contributed by atoms with Gasteiger partial charge in [0.25, 0.3) is 5.56 Å². The molecule has 1 aromatic carbocycles. The van der Waals surface area contributed by atoms with Gasteiger partial charge in [-0.3, -0.25) is 8.75 Å². The molecule has 4 atom stereocenters. The van der Waals surface area contributed by atoms with Crippen molar-refractivity contribution < 1.29 is 47.8 Å². The topological polar surface area (TPSA) is 135 Å². The number of aromatic nitrogens is 1. The van der Waals surface area contributed by atoms with E-state index in [-0.39, 0.29) is 12.2 Å². The van der Waals surface area contributed by atoms with E-state index >= 15 is 0 Å². The highest BCUT2D eigenvalue weighted by atomic mass is 32.1. The summed E-state index contributed by atoms with van der Waals surface area (Å²) in [5.74, 6) is 0. The first-order chi connectivity index (χ1) is 29.4. The van der Waals surface area contributed by atoms with Crippen LogP contribution >= 0.6 is 11.5 Å². The Hall–Kier alpha value is 0.422. The monoisotopic (exact) mass is 1070 g/mol. The average molecular weight is 1080 g/mol. The van der Waals surface area contributed by atoms with E-state index in [0.29, 0.717) is 63.8 Å². The minimum atomic E-state index is -3.24. The molecular weight excluding hydrogens is 983 g/mol. The lowest BCUT2D eigenvalue weighted by Crippen LogP contribution is -2.63. The summed E-state index contributed by atoms with van der Waals surface area (Å²) >= 11 is 1.49. The predicted molar refractivity (Wildman–Crippen MR) is 288 cm³/mol. The molecule has 0 spiro atoms. The van der Waals surface area contributed by atoms with Gasteiger partial charge in [-0.2, -0.15) is 0 Å². The Morgan fingerprint density at radius 3 is 1.45 bits per heavy atom. The highest BCUT2D eigenvalue weighted by molar-refractivity contribution is 7.13. The molecule has 2 rings (SSSR count). The van der Waals surface area contributed by atoms with Crippen LogP contribution in [-0.4, -0.2) is 125 Å². The first-order valence-corrected chi connectivity index (χ1v) is 49.9. The maximum Gasteiger partial charge on any atom is 0.500 e. The second kappa shape index (κ2) is 26.0. The van der Waals surface area contributed by atoms with Crippen LogP contribution in [0.1, 0.15) is 40.0 Å². The number of benzene rings is 1. The number of ether oxygens (including phenoxy) is 1. The van der Waals surface area contributed by atoms with Gasteiger partial charge < -0.3 is 47.8 Å². The van der Waals surface area contributed by atoms with Crippen molar-refractivity contribution in [2.45, 2.75) is 181 Å². The van der Waals surface area contributed by atoms with Crippen LogP contribution < -0.4 is 5.56 Å². The molecule has 1 aromatic heterocycles. The summed E-state index contributed by atoms with van der Waals surface area (Å²) in [5.41, 5.74) is 0.00435. The van der Waals surface area contributed by atoms with Crippen molar-refractivity contribution in [2.24, 2.45) is 0 Å². The number of rotatable bonds is 35. The van der Waals surface area contributed by atoms with E-state index in [1.54, 1.807) is 0 Å². The third-order valence-electron chi connectivity index (χ3n) is 10.1. The summed E-state index contributed by atoms with van der Waals surface area (Å²) in [4.78, 5) is 13.7. The van der Waals surface area contributed by atoms with Crippen LogP contribution in [0.5, 0.6) is 0 Å². The third-order valence-corrected chi connectivity index (χ3v) is 43.8. The molecule has 13 nitrogen and oxygen atoms in total. The molecule has 1 N–H and O–H groups in total. The van der Waals surface area contributed by atoms with Gasteiger partial charge in [-0.25, -0.2) is 0 Å².